The first-order chi connectivity index (χ1) is 0. The molecule has 0 atom stereocenters. The van der Waals surface area contributed by atoms with Crippen LogP contribution in [0, 0.1) is 0 Å². The van der Waals surface area contributed by atoms with E-state index in [0.29, 0.717) is 0 Å². The predicted molar refractivity (Wildman–Crippen MR) is 25.2 cm³/mol. The molecule has 0 spiro atoms. The molecule has 0 N–H and O–H groups in total. The smallest absolute Gasteiger partial charge is 1.00 e. The third-order valence-corrected chi connectivity index (χ3v) is 0. The average Bonchev–Trinajstić information content (AvgIpc) is 0. The summed E-state index contributed by atoms with van der Waals surface area (Å²) in [5.41, 5.74) is 0. The van der Waals surface area contributed by atoms with E-state index in [1.807, 2.05) is 0 Å². The zero-order valence-electron chi connectivity index (χ0n) is 3.62. The van der Waals surface area contributed by atoms with Gasteiger partial charge in [0.1, 0.15) is 0 Å². The van der Waals surface area contributed by atoms with Gasteiger partial charge in [-0.15, -0.1) is 12.4 Å². The fraction of sp³-hybridized carbons (Fsp3) is 0. The van der Waals surface area contributed by atoms with E-state index in [1.165, 1.54) is 0 Å². The van der Waals surface area contributed by atoms with E-state index in [1.54, 1.807) is 0 Å². The minimum absolute atomic E-state index is 0. The van der Waals surface area contributed by atoms with E-state index in [4.69, 9.17) is 0 Å². The Kier molecular flexibility index (Phi) is 155. The first-order valence-electron chi connectivity index (χ1n) is 0. The van der Waals surface area contributed by atoms with Crippen LogP contribution in [0.15, 0.2) is 0 Å². The van der Waals surface area contributed by atoms with Gasteiger partial charge in [0.15, 0.2) is 17.4 Å². The van der Waals surface area contributed by atoms with Crippen molar-refractivity contribution in [3.63, 3.8) is 0 Å². The van der Waals surface area contributed by atoms with E-state index < -0.39 is 0 Å². The van der Waals surface area contributed by atoms with Crippen LogP contribution in [0.3, 0.4) is 0 Å². The Labute approximate surface area is 76.6 Å². The zero-order chi connectivity index (χ0) is 0. The Bertz CT molecular complexity index is 13.5. The molecule has 0 aliphatic heterocycles. The normalized spacial score (nSPS) is 0. The first kappa shape index (κ1) is 33.4. The van der Waals surface area contributed by atoms with E-state index in [9.17, 15) is 0 Å². The Hall–Kier alpha value is 2.30. The van der Waals surface area contributed by atoms with E-state index in [2.05, 4.69) is 0 Å². The van der Waals surface area contributed by atoms with Crippen molar-refractivity contribution in [1.82, 2.24) is 0 Å². The summed E-state index contributed by atoms with van der Waals surface area (Å²) in [6.45, 7) is 0. The van der Waals surface area contributed by atoms with E-state index in [-0.39, 0.29) is 77.4 Å². The van der Waals surface area contributed by atoms with Crippen molar-refractivity contribution in [2.24, 2.45) is 0 Å². The molecule has 0 saturated heterocycles. The van der Waals surface area contributed by atoms with Crippen molar-refractivity contribution in [2.75, 3.05) is 0 Å². The van der Waals surface area contributed by atoms with Gasteiger partial charge < -0.3 is 2.85 Å². The van der Waals surface area contributed by atoms with Crippen molar-refractivity contribution in [3.05, 3.63) is 0 Å². The molecule has 0 aromatic carbocycles. The number of hydrogen-bond donors (Lipinski definition) is 0. The van der Waals surface area contributed by atoms with Crippen LogP contribution in [0.5, 0.6) is 0 Å². The number of halogens is 1. The summed E-state index contributed by atoms with van der Waals surface area (Å²) in [6.07, 6.45) is 0. The topological polar surface area (TPSA) is 0 Å². The second kappa shape index (κ2) is 18.5. The molecule has 0 rings (SSSR count). The van der Waals surface area contributed by atoms with Gasteiger partial charge in [0.2, 0.25) is 0 Å². The predicted octanol–water partition coefficient (Wildman–Crippen LogP) is -0.920. The summed E-state index contributed by atoms with van der Waals surface area (Å²) in [5.74, 6) is 0. The van der Waals surface area contributed by atoms with Crippen molar-refractivity contribution in [2.45, 2.75) is 0 Å². The third-order valence-electron chi connectivity index (χ3n) is 0. The van der Waals surface area contributed by atoms with Gasteiger partial charge in [-0.25, -0.2) is 0 Å². The number of rotatable bonds is 0. The molecule has 0 amide bonds. The maximum Gasteiger partial charge on any atom is 2.00 e. The van der Waals surface area contributed by atoms with E-state index in [0.717, 1.165) is 0 Å². The molecule has 0 unspecified atom stereocenters. The summed E-state index contributed by atoms with van der Waals surface area (Å²) in [7, 11) is 0. The Morgan fingerprint density at radius 2 is 1.25 bits per heavy atom. The van der Waals surface area contributed by atoms with Crippen LogP contribution in [0.2, 0.25) is 0 Å². The third kappa shape index (κ3) is 8.85. The summed E-state index contributed by atoms with van der Waals surface area (Å²) in [5, 5.41) is 0. The van der Waals surface area contributed by atoms with Crippen LogP contribution < -0.4 is 0 Å². The van der Waals surface area contributed by atoms with Crippen LogP contribution in [0.25, 0.3) is 0 Å². The molecule has 0 aromatic rings. The van der Waals surface area contributed by atoms with Crippen LogP contribution in [0.1, 0.15) is 2.85 Å². The SMILES string of the molecule is Cl.[AlH3].[H-].[H-].[Mg+2].[Ti]. The van der Waals surface area contributed by atoms with Crippen LogP contribution >= 0.6 is 12.4 Å². The average molecular weight is 141 g/mol. The molecule has 4 heavy (non-hydrogen) atoms. The largest absolute Gasteiger partial charge is 2.00 e. The monoisotopic (exact) mass is 140 g/mol. The molecule has 0 heterocycles. The van der Waals surface area contributed by atoms with Gasteiger partial charge in [-0.2, -0.15) is 0 Å². The fourth-order valence-corrected chi connectivity index (χ4v) is 0. The Morgan fingerprint density at radius 1 is 1.25 bits per heavy atom. The second-order valence-corrected chi connectivity index (χ2v) is 0. The molecule has 0 bridgehead atoms. The van der Waals surface area contributed by atoms with Gasteiger partial charge in [0, 0.05) is 21.7 Å². The molecule has 0 aliphatic carbocycles. The molecule has 4 heteroatoms. The summed E-state index contributed by atoms with van der Waals surface area (Å²) in [6, 6.07) is 0. The van der Waals surface area contributed by atoms with Crippen LogP contribution in [0.4, 0.5) is 0 Å². The summed E-state index contributed by atoms with van der Waals surface area (Å²) in [4.78, 5) is 0. The van der Waals surface area contributed by atoms with Crippen molar-refractivity contribution in [1.29, 1.82) is 0 Å². The quantitative estimate of drug-likeness (QED) is 0.382. The van der Waals surface area contributed by atoms with Crippen molar-refractivity contribution in [3.8, 4) is 0 Å². The van der Waals surface area contributed by atoms with Crippen molar-refractivity contribution >= 4 is 52.8 Å². The summed E-state index contributed by atoms with van der Waals surface area (Å²) < 4.78 is 0. The van der Waals surface area contributed by atoms with Gasteiger partial charge in [0.05, 0.1) is 0 Å². The summed E-state index contributed by atoms with van der Waals surface area (Å²) >= 11 is 0. The maximum absolute atomic E-state index is 0. The van der Waals surface area contributed by atoms with Crippen molar-refractivity contribution < 1.29 is 24.6 Å². The molecule has 0 aliphatic rings. The molecule has 0 saturated carbocycles. The molecular weight excluding hydrogens is 135 g/mol. The van der Waals surface area contributed by atoms with Gasteiger partial charge >= 0.3 is 23.1 Å². The minimum Gasteiger partial charge on any atom is -1.00 e. The minimum atomic E-state index is 0. The van der Waals surface area contributed by atoms with Gasteiger partial charge in [-0.3, -0.25) is 0 Å². The first-order valence-corrected chi connectivity index (χ1v) is 0. The van der Waals surface area contributed by atoms with Crippen LogP contribution in [-0.2, 0) is 21.7 Å². The van der Waals surface area contributed by atoms with E-state index >= 15 is 0 Å². The Balaban J connectivity index is 0. The molecule has 22 valence electrons. The second-order valence-electron chi connectivity index (χ2n) is 0. The fourth-order valence-electron chi connectivity index (χ4n) is 0. The molecular formula is H6AlClMgTi. The molecule has 0 radical (unpaired) electrons. The standard InChI is InChI=1S/Al.ClH.Mg.Ti.5H/h;1H;;;;;;;/q;;+2;;;;;2*-1. The maximum atomic E-state index is 0. The number of hydrogen-bond acceptors (Lipinski definition) is 0. The molecule has 0 fully saturated rings. The van der Waals surface area contributed by atoms with Crippen LogP contribution in [-0.4, -0.2) is 40.4 Å². The molecule has 0 aromatic heterocycles. The van der Waals surface area contributed by atoms with Gasteiger partial charge in [-0.05, 0) is 0 Å². The van der Waals surface area contributed by atoms with Gasteiger partial charge in [-0.1, -0.05) is 0 Å². The molecule has 0 nitrogen and oxygen atoms in total. The Morgan fingerprint density at radius 3 is 1.25 bits per heavy atom. The van der Waals surface area contributed by atoms with Gasteiger partial charge in [0.25, 0.3) is 0 Å². The zero-order valence-corrected chi connectivity index (χ0v) is 5.41.